The zero-order valence-electron chi connectivity index (χ0n) is 14.5. The Morgan fingerprint density at radius 1 is 1.25 bits per heavy atom. The van der Waals surface area contributed by atoms with Crippen molar-refractivity contribution in [3.8, 4) is 0 Å². The summed E-state index contributed by atoms with van der Waals surface area (Å²) in [5.41, 5.74) is 0.190. The van der Waals surface area contributed by atoms with Crippen LogP contribution in [0.25, 0.3) is 11.0 Å². The molecule has 1 aliphatic carbocycles. The zero-order valence-corrected chi connectivity index (χ0v) is 14.5. The van der Waals surface area contributed by atoms with E-state index in [0.29, 0.717) is 28.7 Å². The van der Waals surface area contributed by atoms with Crippen molar-refractivity contribution < 1.29 is 13.9 Å². The topological polar surface area (TPSA) is 56.5 Å². The van der Waals surface area contributed by atoms with Crippen molar-refractivity contribution in [2.45, 2.75) is 46.1 Å². The standard InChI is InChI=1S/C20H24O4/c1-12(2)14-9-8-13(3)10-18(14)24-20(22)19-11-16(21)15-6-4-5-7-17(15)23-19/h4-7,11-14,18H,8-10H2,1-3H3/t13-,14+,18-/m0/s1. The maximum absolute atomic E-state index is 12.5. The maximum Gasteiger partial charge on any atom is 0.374 e. The largest absolute Gasteiger partial charge is 0.456 e. The van der Waals surface area contributed by atoms with Crippen molar-refractivity contribution in [3.63, 3.8) is 0 Å². The molecule has 3 atom stereocenters. The monoisotopic (exact) mass is 328 g/mol. The number of carbonyl (C=O) groups excluding carboxylic acids is 1. The highest BCUT2D eigenvalue weighted by molar-refractivity contribution is 5.89. The minimum Gasteiger partial charge on any atom is -0.456 e. The van der Waals surface area contributed by atoms with E-state index in [1.807, 2.05) is 0 Å². The molecule has 2 aromatic rings. The van der Waals surface area contributed by atoms with Gasteiger partial charge in [0.15, 0.2) is 5.43 Å². The van der Waals surface area contributed by atoms with E-state index in [-0.39, 0.29) is 17.3 Å². The number of carbonyl (C=O) groups is 1. The molecule has 4 heteroatoms. The third kappa shape index (κ3) is 3.37. The van der Waals surface area contributed by atoms with Crippen LogP contribution in [0.2, 0.25) is 0 Å². The molecular weight excluding hydrogens is 304 g/mol. The molecule has 0 N–H and O–H groups in total. The predicted molar refractivity (Wildman–Crippen MR) is 93.0 cm³/mol. The van der Waals surface area contributed by atoms with Crippen LogP contribution in [0.15, 0.2) is 39.5 Å². The normalized spacial score (nSPS) is 24.2. The molecule has 1 saturated carbocycles. The van der Waals surface area contributed by atoms with Gasteiger partial charge in [-0.05, 0) is 42.7 Å². The van der Waals surface area contributed by atoms with Crippen LogP contribution < -0.4 is 5.43 Å². The summed E-state index contributed by atoms with van der Waals surface area (Å²) >= 11 is 0. The molecule has 1 aromatic heterocycles. The molecule has 0 bridgehead atoms. The fraction of sp³-hybridized carbons (Fsp3) is 0.500. The van der Waals surface area contributed by atoms with Gasteiger partial charge in [-0.1, -0.05) is 39.3 Å². The van der Waals surface area contributed by atoms with Gasteiger partial charge in [-0.2, -0.15) is 0 Å². The van der Waals surface area contributed by atoms with Gasteiger partial charge in [0.2, 0.25) is 5.76 Å². The Bertz CT molecular complexity index is 790. The van der Waals surface area contributed by atoms with Gasteiger partial charge in [-0.3, -0.25) is 4.79 Å². The van der Waals surface area contributed by atoms with E-state index in [1.54, 1.807) is 24.3 Å². The van der Waals surface area contributed by atoms with Gasteiger partial charge in [-0.15, -0.1) is 0 Å². The first-order chi connectivity index (χ1) is 11.5. The summed E-state index contributed by atoms with van der Waals surface area (Å²) in [5, 5.41) is 0.473. The molecule has 1 aliphatic rings. The Morgan fingerprint density at radius 3 is 2.75 bits per heavy atom. The van der Waals surface area contributed by atoms with Crippen LogP contribution in [0.4, 0.5) is 0 Å². The lowest BCUT2D eigenvalue weighted by molar-refractivity contribution is -0.0198. The van der Waals surface area contributed by atoms with E-state index < -0.39 is 5.97 Å². The molecule has 1 heterocycles. The molecule has 0 aliphatic heterocycles. The van der Waals surface area contributed by atoms with E-state index in [9.17, 15) is 9.59 Å². The molecule has 128 valence electrons. The van der Waals surface area contributed by atoms with Crippen molar-refractivity contribution in [1.29, 1.82) is 0 Å². The van der Waals surface area contributed by atoms with Crippen LogP contribution in [-0.4, -0.2) is 12.1 Å². The highest BCUT2D eigenvalue weighted by Crippen LogP contribution is 2.35. The number of rotatable bonds is 3. The molecule has 0 radical (unpaired) electrons. The summed E-state index contributed by atoms with van der Waals surface area (Å²) in [4.78, 5) is 24.7. The first-order valence-corrected chi connectivity index (χ1v) is 8.69. The predicted octanol–water partition coefficient (Wildman–Crippen LogP) is 4.41. The van der Waals surface area contributed by atoms with Crippen LogP contribution in [-0.2, 0) is 4.74 Å². The number of esters is 1. The van der Waals surface area contributed by atoms with Gasteiger partial charge in [0, 0.05) is 6.07 Å². The molecule has 0 spiro atoms. The van der Waals surface area contributed by atoms with Gasteiger partial charge in [0.25, 0.3) is 0 Å². The lowest BCUT2D eigenvalue weighted by atomic mass is 9.75. The molecular formula is C20H24O4. The fourth-order valence-corrected chi connectivity index (χ4v) is 3.65. The van der Waals surface area contributed by atoms with E-state index in [4.69, 9.17) is 9.15 Å². The summed E-state index contributed by atoms with van der Waals surface area (Å²) in [6, 6.07) is 8.16. The number of ether oxygens (including phenoxy) is 1. The first-order valence-electron chi connectivity index (χ1n) is 8.69. The smallest absolute Gasteiger partial charge is 0.374 e. The molecule has 24 heavy (non-hydrogen) atoms. The summed E-state index contributed by atoms with van der Waals surface area (Å²) < 4.78 is 11.3. The number of hydrogen-bond donors (Lipinski definition) is 0. The summed E-state index contributed by atoms with van der Waals surface area (Å²) in [6.45, 7) is 6.52. The number of benzene rings is 1. The van der Waals surface area contributed by atoms with E-state index >= 15 is 0 Å². The van der Waals surface area contributed by atoms with Gasteiger partial charge >= 0.3 is 5.97 Å². The van der Waals surface area contributed by atoms with Crippen molar-refractivity contribution in [3.05, 3.63) is 46.3 Å². The van der Waals surface area contributed by atoms with E-state index in [2.05, 4.69) is 20.8 Å². The molecule has 1 fully saturated rings. The Hall–Kier alpha value is -2.10. The first kappa shape index (κ1) is 16.7. The van der Waals surface area contributed by atoms with Gasteiger partial charge < -0.3 is 9.15 Å². The third-order valence-electron chi connectivity index (χ3n) is 5.06. The van der Waals surface area contributed by atoms with Crippen molar-refractivity contribution in [1.82, 2.24) is 0 Å². The highest BCUT2D eigenvalue weighted by atomic mass is 16.6. The molecule has 0 saturated heterocycles. The minimum atomic E-state index is -0.539. The molecule has 0 amide bonds. The van der Waals surface area contributed by atoms with Gasteiger partial charge in [0.05, 0.1) is 5.39 Å². The highest BCUT2D eigenvalue weighted by Gasteiger charge is 2.34. The Labute approximate surface area is 141 Å². The summed E-state index contributed by atoms with van der Waals surface area (Å²) in [6.07, 6.45) is 2.99. The molecule has 4 nitrogen and oxygen atoms in total. The van der Waals surface area contributed by atoms with Gasteiger partial charge in [-0.25, -0.2) is 4.79 Å². The molecule has 1 aromatic carbocycles. The third-order valence-corrected chi connectivity index (χ3v) is 5.06. The van der Waals surface area contributed by atoms with Crippen LogP contribution >= 0.6 is 0 Å². The zero-order chi connectivity index (χ0) is 17.3. The Kier molecular flexibility index (Phi) is 4.74. The minimum absolute atomic E-state index is 0.0144. The van der Waals surface area contributed by atoms with Crippen molar-refractivity contribution >= 4 is 16.9 Å². The van der Waals surface area contributed by atoms with Crippen LogP contribution in [0, 0.1) is 17.8 Å². The number of para-hydroxylation sites is 1. The molecule has 0 unspecified atom stereocenters. The average Bonchev–Trinajstić information content (AvgIpc) is 2.54. The lowest BCUT2D eigenvalue weighted by Gasteiger charge is -2.36. The second-order valence-electron chi connectivity index (χ2n) is 7.24. The fourth-order valence-electron chi connectivity index (χ4n) is 3.65. The van der Waals surface area contributed by atoms with Crippen molar-refractivity contribution in [2.24, 2.45) is 17.8 Å². The van der Waals surface area contributed by atoms with E-state index in [1.165, 1.54) is 12.5 Å². The Morgan fingerprint density at radius 2 is 2.00 bits per heavy atom. The van der Waals surface area contributed by atoms with Crippen LogP contribution in [0.1, 0.15) is 50.6 Å². The summed E-state index contributed by atoms with van der Waals surface area (Å²) in [5.74, 6) is 0.805. The quantitative estimate of drug-likeness (QED) is 0.783. The average molecular weight is 328 g/mol. The summed E-state index contributed by atoms with van der Waals surface area (Å²) in [7, 11) is 0. The number of hydrogen-bond acceptors (Lipinski definition) is 4. The second kappa shape index (κ2) is 6.80. The maximum atomic E-state index is 12.5. The van der Waals surface area contributed by atoms with E-state index in [0.717, 1.165) is 12.8 Å². The lowest BCUT2D eigenvalue weighted by Crippen LogP contribution is -2.36. The van der Waals surface area contributed by atoms with Crippen LogP contribution in [0.3, 0.4) is 0 Å². The SMILES string of the molecule is CC(C)[C@H]1CC[C@H](C)C[C@@H]1OC(=O)c1cc(=O)c2ccccc2o1. The van der Waals surface area contributed by atoms with Crippen LogP contribution in [0.5, 0.6) is 0 Å². The molecule has 3 rings (SSSR count). The van der Waals surface area contributed by atoms with Gasteiger partial charge in [0.1, 0.15) is 11.7 Å². The van der Waals surface area contributed by atoms with Crippen molar-refractivity contribution in [2.75, 3.05) is 0 Å². The second-order valence-corrected chi connectivity index (χ2v) is 7.24. The number of fused-ring (bicyclic) bond motifs is 1. The Balaban J connectivity index is 1.85.